The Morgan fingerprint density at radius 1 is 1.62 bits per heavy atom. The van der Waals surface area contributed by atoms with Gasteiger partial charge in [0.15, 0.2) is 5.69 Å². The van der Waals surface area contributed by atoms with Crippen LogP contribution in [0.25, 0.3) is 0 Å². The maximum absolute atomic E-state index is 8.72. The van der Waals surface area contributed by atoms with Crippen molar-refractivity contribution >= 4 is 12.2 Å². The second kappa shape index (κ2) is 3.67. The summed E-state index contributed by atoms with van der Waals surface area (Å²) in [5.41, 5.74) is 0.359. The molecule has 0 fully saturated rings. The Morgan fingerprint density at radius 3 is 2.85 bits per heavy atom. The van der Waals surface area contributed by atoms with Crippen molar-refractivity contribution in [3.8, 4) is 6.07 Å². The van der Waals surface area contributed by atoms with E-state index in [2.05, 4.69) is 15.3 Å². The van der Waals surface area contributed by atoms with E-state index in [4.69, 9.17) is 5.26 Å². The predicted molar refractivity (Wildman–Crippen MR) is 47.6 cm³/mol. The first kappa shape index (κ1) is 9.19. The highest BCUT2D eigenvalue weighted by Gasteiger charge is 2.07. The molecular weight excluding hydrogens is 168 g/mol. The minimum atomic E-state index is 0.346. The maximum Gasteiger partial charge on any atom is 0.214 e. The van der Waals surface area contributed by atoms with E-state index in [1.54, 1.807) is 18.3 Å². The summed E-state index contributed by atoms with van der Waals surface area (Å²) in [7, 11) is 5.33. The molecule has 6 nitrogen and oxygen atoms in total. The Morgan fingerprint density at radius 2 is 2.31 bits per heavy atom. The third kappa shape index (κ3) is 2.02. The second-order valence-corrected chi connectivity index (χ2v) is 2.71. The SMILES string of the molecule is CN(C)C=Nc1nnn(C)c1C#N. The van der Waals surface area contributed by atoms with Crippen LogP contribution in [0.3, 0.4) is 0 Å². The monoisotopic (exact) mass is 178 g/mol. The van der Waals surface area contributed by atoms with Crippen molar-refractivity contribution in [2.75, 3.05) is 14.1 Å². The number of aliphatic imine (C=N–C) groups is 1. The number of aromatic nitrogens is 3. The van der Waals surface area contributed by atoms with Crippen LogP contribution in [0.5, 0.6) is 0 Å². The second-order valence-electron chi connectivity index (χ2n) is 2.71. The molecule has 0 amide bonds. The van der Waals surface area contributed by atoms with Crippen molar-refractivity contribution in [1.29, 1.82) is 5.26 Å². The summed E-state index contributed by atoms with van der Waals surface area (Å²) in [5.74, 6) is 0.346. The molecule has 0 aromatic carbocycles. The third-order valence-corrected chi connectivity index (χ3v) is 1.33. The maximum atomic E-state index is 8.72. The van der Waals surface area contributed by atoms with Gasteiger partial charge in [-0.25, -0.2) is 9.67 Å². The fourth-order valence-electron chi connectivity index (χ4n) is 0.726. The van der Waals surface area contributed by atoms with Gasteiger partial charge in [-0.05, 0) is 0 Å². The topological polar surface area (TPSA) is 70.1 Å². The summed E-state index contributed by atoms with van der Waals surface area (Å²) in [6.45, 7) is 0. The lowest BCUT2D eigenvalue weighted by Gasteiger charge is -2.00. The van der Waals surface area contributed by atoms with Crippen LogP contribution in [0, 0.1) is 11.3 Å². The predicted octanol–water partition coefficient (Wildman–Crippen LogP) is -0.0918. The van der Waals surface area contributed by atoms with Crippen molar-refractivity contribution in [3.63, 3.8) is 0 Å². The molecule has 0 N–H and O–H groups in total. The first-order valence-corrected chi connectivity index (χ1v) is 3.65. The van der Waals surface area contributed by atoms with Crippen molar-refractivity contribution in [2.45, 2.75) is 0 Å². The van der Waals surface area contributed by atoms with E-state index in [0.29, 0.717) is 11.5 Å². The molecule has 0 aliphatic heterocycles. The van der Waals surface area contributed by atoms with Gasteiger partial charge in [0.25, 0.3) is 0 Å². The number of rotatable bonds is 2. The van der Waals surface area contributed by atoms with Crippen LogP contribution in [0.15, 0.2) is 4.99 Å². The summed E-state index contributed by atoms with van der Waals surface area (Å²) in [6, 6.07) is 1.97. The van der Waals surface area contributed by atoms with E-state index < -0.39 is 0 Å². The van der Waals surface area contributed by atoms with E-state index in [1.807, 2.05) is 20.2 Å². The third-order valence-electron chi connectivity index (χ3n) is 1.33. The van der Waals surface area contributed by atoms with E-state index in [-0.39, 0.29) is 0 Å². The molecule has 68 valence electrons. The number of hydrogen-bond donors (Lipinski definition) is 0. The quantitative estimate of drug-likeness (QED) is 0.468. The minimum Gasteiger partial charge on any atom is -0.369 e. The zero-order valence-electron chi connectivity index (χ0n) is 7.76. The van der Waals surface area contributed by atoms with Gasteiger partial charge >= 0.3 is 0 Å². The molecule has 1 aromatic rings. The van der Waals surface area contributed by atoms with E-state index in [0.717, 1.165) is 0 Å². The highest BCUT2D eigenvalue weighted by Crippen LogP contribution is 2.11. The summed E-state index contributed by atoms with van der Waals surface area (Å²) >= 11 is 0. The molecule has 13 heavy (non-hydrogen) atoms. The Hall–Kier alpha value is -1.90. The van der Waals surface area contributed by atoms with Gasteiger partial charge in [0, 0.05) is 21.1 Å². The molecule has 0 spiro atoms. The normalized spacial score (nSPS) is 10.3. The summed E-state index contributed by atoms with van der Waals surface area (Å²) < 4.78 is 1.39. The number of hydrogen-bond acceptors (Lipinski definition) is 4. The van der Waals surface area contributed by atoms with Gasteiger partial charge in [-0.15, -0.1) is 5.10 Å². The Balaban J connectivity index is 2.97. The number of nitriles is 1. The molecule has 0 unspecified atom stereocenters. The van der Waals surface area contributed by atoms with Gasteiger partial charge in [-0.1, -0.05) is 5.21 Å². The van der Waals surface area contributed by atoms with Crippen molar-refractivity contribution in [3.05, 3.63) is 5.69 Å². The molecule has 0 saturated carbocycles. The van der Waals surface area contributed by atoms with Gasteiger partial charge in [0.1, 0.15) is 6.07 Å². The Labute approximate surface area is 76.1 Å². The lowest BCUT2D eigenvalue weighted by Crippen LogP contribution is -2.07. The number of aryl methyl sites for hydroxylation is 1. The Kier molecular flexibility index (Phi) is 2.59. The zero-order valence-corrected chi connectivity index (χ0v) is 7.76. The molecule has 1 aromatic heterocycles. The highest BCUT2D eigenvalue weighted by atomic mass is 15.4. The van der Waals surface area contributed by atoms with Crippen LogP contribution < -0.4 is 0 Å². The van der Waals surface area contributed by atoms with Crippen LogP contribution in [0.4, 0.5) is 5.82 Å². The van der Waals surface area contributed by atoms with Crippen LogP contribution in [-0.4, -0.2) is 40.3 Å². The van der Waals surface area contributed by atoms with Crippen LogP contribution in [0.1, 0.15) is 5.69 Å². The van der Waals surface area contributed by atoms with Gasteiger partial charge in [-0.2, -0.15) is 5.26 Å². The van der Waals surface area contributed by atoms with Crippen molar-refractivity contribution in [2.24, 2.45) is 12.0 Å². The molecule has 0 atom stereocenters. The molecule has 0 aliphatic carbocycles. The molecule has 1 heterocycles. The van der Waals surface area contributed by atoms with Gasteiger partial charge in [-0.3, -0.25) is 0 Å². The number of nitrogens with zero attached hydrogens (tertiary/aromatic N) is 6. The Bertz CT molecular complexity index is 356. The molecule has 0 saturated heterocycles. The lowest BCUT2D eigenvalue weighted by molar-refractivity contribution is 0.643. The average Bonchev–Trinajstić information content (AvgIpc) is 2.42. The van der Waals surface area contributed by atoms with Crippen LogP contribution >= 0.6 is 0 Å². The highest BCUT2D eigenvalue weighted by molar-refractivity contribution is 5.60. The summed E-state index contributed by atoms with van der Waals surface area (Å²) in [6.07, 6.45) is 1.57. The lowest BCUT2D eigenvalue weighted by atomic mass is 10.5. The first-order valence-electron chi connectivity index (χ1n) is 3.65. The van der Waals surface area contributed by atoms with Gasteiger partial charge < -0.3 is 4.90 Å². The minimum absolute atomic E-state index is 0.346. The van der Waals surface area contributed by atoms with Crippen molar-refractivity contribution < 1.29 is 0 Å². The standard InChI is InChI=1S/C7H10N6/c1-12(2)5-9-7-6(4-8)13(3)11-10-7/h5H,1-3H3. The van der Waals surface area contributed by atoms with E-state index in [9.17, 15) is 0 Å². The van der Waals surface area contributed by atoms with Gasteiger partial charge in [0.05, 0.1) is 6.34 Å². The summed E-state index contributed by atoms with van der Waals surface area (Å²) in [5, 5.41) is 16.1. The molecular formula is C7H10N6. The largest absolute Gasteiger partial charge is 0.369 e. The molecule has 6 heteroatoms. The van der Waals surface area contributed by atoms with Gasteiger partial charge in [0.2, 0.25) is 5.82 Å². The fourth-order valence-corrected chi connectivity index (χ4v) is 0.726. The van der Waals surface area contributed by atoms with E-state index in [1.165, 1.54) is 4.68 Å². The average molecular weight is 178 g/mol. The van der Waals surface area contributed by atoms with E-state index >= 15 is 0 Å². The van der Waals surface area contributed by atoms with Crippen molar-refractivity contribution in [1.82, 2.24) is 19.9 Å². The molecule has 0 radical (unpaired) electrons. The van der Waals surface area contributed by atoms with Crippen LogP contribution in [-0.2, 0) is 7.05 Å². The summed E-state index contributed by atoms with van der Waals surface area (Å²) in [4.78, 5) is 5.74. The molecule has 0 aliphatic rings. The fraction of sp³-hybridized carbons (Fsp3) is 0.429. The smallest absolute Gasteiger partial charge is 0.214 e. The van der Waals surface area contributed by atoms with Crippen LogP contribution in [0.2, 0.25) is 0 Å². The first-order chi connectivity index (χ1) is 6.15. The molecule has 1 rings (SSSR count). The molecule has 0 bridgehead atoms. The zero-order chi connectivity index (χ0) is 9.84.